The molecule has 88 valence electrons. The molecule has 1 aliphatic rings. The first-order valence-corrected chi connectivity index (χ1v) is 5.46. The van der Waals surface area contributed by atoms with Crippen molar-refractivity contribution < 1.29 is 9.21 Å². The molecule has 0 aromatic carbocycles. The standard InChI is InChI=1S/C11H17N3O2/c1-14(6-8-2-3-8)7-9-4-5-16-10(9)11(15)13-12/h4-5,8H,2-3,6-7,12H2,1H3,(H,13,15). The SMILES string of the molecule is CN(Cc1ccoc1C(=O)NN)CC1CC1. The molecule has 0 unspecified atom stereocenters. The van der Waals surface area contributed by atoms with Gasteiger partial charge in [0.1, 0.15) is 0 Å². The molecule has 0 radical (unpaired) electrons. The molecule has 16 heavy (non-hydrogen) atoms. The van der Waals surface area contributed by atoms with Gasteiger partial charge in [-0.15, -0.1) is 0 Å². The average molecular weight is 223 g/mol. The molecule has 3 N–H and O–H groups in total. The molecule has 1 amide bonds. The van der Waals surface area contributed by atoms with Crippen LogP contribution in [0, 0.1) is 5.92 Å². The minimum atomic E-state index is -0.375. The predicted octanol–water partition coefficient (Wildman–Crippen LogP) is 0.725. The molecule has 0 atom stereocenters. The second-order valence-electron chi connectivity index (χ2n) is 4.39. The zero-order valence-corrected chi connectivity index (χ0v) is 9.40. The molecule has 0 spiro atoms. The number of rotatable bonds is 5. The van der Waals surface area contributed by atoms with Gasteiger partial charge in [-0.3, -0.25) is 10.2 Å². The van der Waals surface area contributed by atoms with Gasteiger partial charge in [0.25, 0.3) is 0 Å². The van der Waals surface area contributed by atoms with Gasteiger partial charge in [0.05, 0.1) is 6.26 Å². The lowest BCUT2D eigenvalue weighted by Gasteiger charge is -2.15. The summed E-state index contributed by atoms with van der Waals surface area (Å²) in [6.07, 6.45) is 4.17. The highest BCUT2D eigenvalue weighted by Crippen LogP contribution is 2.29. The number of hydrogen-bond donors (Lipinski definition) is 2. The van der Waals surface area contributed by atoms with Crippen LogP contribution in [0.5, 0.6) is 0 Å². The van der Waals surface area contributed by atoms with Gasteiger partial charge in [0.2, 0.25) is 0 Å². The Morgan fingerprint density at radius 1 is 1.69 bits per heavy atom. The van der Waals surface area contributed by atoms with Crippen LogP contribution in [0.2, 0.25) is 0 Å². The van der Waals surface area contributed by atoms with E-state index in [9.17, 15) is 4.79 Å². The third-order valence-corrected chi connectivity index (χ3v) is 2.79. The summed E-state index contributed by atoms with van der Waals surface area (Å²) in [6, 6.07) is 1.81. The van der Waals surface area contributed by atoms with Gasteiger partial charge in [0, 0.05) is 18.7 Å². The van der Waals surface area contributed by atoms with E-state index in [4.69, 9.17) is 10.3 Å². The Kier molecular flexibility index (Phi) is 3.26. The number of carbonyl (C=O) groups excluding carboxylic acids is 1. The van der Waals surface area contributed by atoms with E-state index in [1.165, 1.54) is 19.1 Å². The Morgan fingerprint density at radius 2 is 2.44 bits per heavy atom. The first kappa shape index (κ1) is 11.2. The number of hydrogen-bond acceptors (Lipinski definition) is 4. The van der Waals surface area contributed by atoms with Crippen LogP contribution in [0.15, 0.2) is 16.7 Å². The quantitative estimate of drug-likeness (QED) is 0.438. The number of nitrogens with one attached hydrogen (secondary N) is 1. The fourth-order valence-corrected chi connectivity index (χ4v) is 1.82. The van der Waals surface area contributed by atoms with E-state index < -0.39 is 0 Å². The second-order valence-corrected chi connectivity index (χ2v) is 4.39. The lowest BCUT2D eigenvalue weighted by molar-refractivity contribution is 0.0923. The molecule has 1 fully saturated rings. The van der Waals surface area contributed by atoms with Gasteiger partial charge in [-0.25, -0.2) is 5.84 Å². The molecule has 5 heteroatoms. The normalized spacial score (nSPS) is 15.4. The lowest BCUT2D eigenvalue weighted by Crippen LogP contribution is -2.31. The first-order valence-electron chi connectivity index (χ1n) is 5.46. The molecule has 1 aromatic rings. The third kappa shape index (κ3) is 2.62. The van der Waals surface area contributed by atoms with E-state index >= 15 is 0 Å². The van der Waals surface area contributed by atoms with Crippen molar-refractivity contribution in [3.63, 3.8) is 0 Å². The molecule has 1 saturated carbocycles. The highest BCUT2D eigenvalue weighted by atomic mass is 16.3. The topological polar surface area (TPSA) is 71.5 Å². The monoisotopic (exact) mass is 223 g/mol. The summed E-state index contributed by atoms with van der Waals surface area (Å²) in [5, 5.41) is 0. The molecule has 5 nitrogen and oxygen atoms in total. The van der Waals surface area contributed by atoms with Crippen molar-refractivity contribution in [2.24, 2.45) is 11.8 Å². The summed E-state index contributed by atoms with van der Waals surface area (Å²) in [5.41, 5.74) is 2.96. The smallest absolute Gasteiger partial charge is 0.301 e. The Bertz CT molecular complexity index is 371. The zero-order valence-electron chi connectivity index (χ0n) is 9.40. The largest absolute Gasteiger partial charge is 0.459 e. The van der Waals surface area contributed by atoms with Crippen molar-refractivity contribution in [3.8, 4) is 0 Å². The highest BCUT2D eigenvalue weighted by Gasteiger charge is 2.23. The summed E-state index contributed by atoms with van der Waals surface area (Å²) < 4.78 is 5.12. The predicted molar refractivity (Wildman–Crippen MR) is 59.4 cm³/mol. The maximum Gasteiger partial charge on any atom is 0.301 e. The molecule has 2 rings (SSSR count). The Balaban J connectivity index is 1.96. The van der Waals surface area contributed by atoms with Crippen LogP contribution in [0.4, 0.5) is 0 Å². The van der Waals surface area contributed by atoms with E-state index in [-0.39, 0.29) is 5.91 Å². The molecule has 1 heterocycles. The average Bonchev–Trinajstić information content (AvgIpc) is 2.94. The van der Waals surface area contributed by atoms with Crippen LogP contribution in [0.3, 0.4) is 0 Å². The van der Waals surface area contributed by atoms with Crippen LogP contribution in [-0.2, 0) is 6.54 Å². The summed E-state index contributed by atoms with van der Waals surface area (Å²) in [5.74, 6) is 5.85. The number of nitrogens with two attached hydrogens (primary N) is 1. The summed E-state index contributed by atoms with van der Waals surface area (Å²) in [7, 11) is 2.05. The third-order valence-electron chi connectivity index (χ3n) is 2.79. The van der Waals surface area contributed by atoms with E-state index in [2.05, 4.69) is 17.4 Å². The minimum Gasteiger partial charge on any atom is -0.459 e. The van der Waals surface area contributed by atoms with Gasteiger partial charge >= 0.3 is 5.91 Å². The van der Waals surface area contributed by atoms with Gasteiger partial charge in [-0.2, -0.15) is 0 Å². The summed E-state index contributed by atoms with van der Waals surface area (Å²) in [4.78, 5) is 13.6. The summed E-state index contributed by atoms with van der Waals surface area (Å²) in [6.45, 7) is 1.80. The van der Waals surface area contributed by atoms with Gasteiger partial charge in [-0.05, 0) is 31.9 Å². The molecular formula is C11H17N3O2. The molecule has 0 bridgehead atoms. The Labute approximate surface area is 94.6 Å². The number of nitrogen functional groups attached to an aromatic ring is 1. The molecule has 0 saturated heterocycles. The summed E-state index contributed by atoms with van der Waals surface area (Å²) >= 11 is 0. The fourth-order valence-electron chi connectivity index (χ4n) is 1.82. The zero-order chi connectivity index (χ0) is 11.5. The molecule has 0 aliphatic heterocycles. The van der Waals surface area contributed by atoms with E-state index in [0.29, 0.717) is 5.76 Å². The Hall–Kier alpha value is -1.33. The number of furan rings is 1. The van der Waals surface area contributed by atoms with E-state index in [1.54, 1.807) is 0 Å². The number of nitrogens with zero attached hydrogens (tertiary/aromatic N) is 1. The molecular weight excluding hydrogens is 206 g/mol. The molecule has 1 aromatic heterocycles. The fraction of sp³-hybridized carbons (Fsp3) is 0.545. The van der Waals surface area contributed by atoms with Crippen molar-refractivity contribution in [2.45, 2.75) is 19.4 Å². The van der Waals surface area contributed by atoms with Gasteiger partial charge in [-0.1, -0.05) is 0 Å². The van der Waals surface area contributed by atoms with Crippen molar-refractivity contribution in [1.82, 2.24) is 10.3 Å². The van der Waals surface area contributed by atoms with Gasteiger partial charge in [0.15, 0.2) is 5.76 Å². The lowest BCUT2D eigenvalue weighted by atomic mass is 10.2. The minimum absolute atomic E-state index is 0.310. The molecule has 1 aliphatic carbocycles. The van der Waals surface area contributed by atoms with Crippen molar-refractivity contribution >= 4 is 5.91 Å². The number of hydrazine groups is 1. The maximum atomic E-state index is 11.4. The second kappa shape index (κ2) is 4.67. The first-order chi connectivity index (χ1) is 7.70. The number of amides is 1. The highest BCUT2D eigenvalue weighted by molar-refractivity contribution is 5.92. The maximum absolute atomic E-state index is 11.4. The van der Waals surface area contributed by atoms with Crippen molar-refractivity contribution in [2.75, 3.05) is 13.6 Å². The number of carbonyl (C=O) groups is 1. The van der Waals surface area contributed by atoms with E-state index in [0.717, 1.165) is 24.6 Å². The van der Waals surface area contributed by atoms with Crippen LogP contribution in [-0.4, -0.2) is 24.4 Å². The van der Waals surface area contributed by atoms with Crippen LogP contribution in [0.25, 0.3) is 0 Å². The Morgan fingerprint density at radius 3 is 3.06 bits per heavy atom. The van der Waals surface area contributed by atoms with Crippen LogP contribution >= 0.6 is 0 Å². The van der Waals surface area contributed by atoms with Crippen molar-refractivity contribution in [3.05, 3.63) is 23.7 Å². The van der Waals surface area contributed by atoms with Gasteiger partial charge < -0.3 is 9.32 Å². The van der Waals surface area contributed by atoms with Crippen LogP contribution < -0.4 is 11.3 Å². The van der Waals surface area contributed by atoms with Crippen LogP contribution in [0.1, 0.15) is 29.0 Å². The van der Waals surface area contributed by atoms with E-state index in [1.807, 2.05) is 6.07 Å². The van der Waals surface area contributed by atoms with Crippen molar-refractivity contribution in [1.29, 1.82) is 0 Å².